The molecule has 26 heavy (non-hydrogen) atoms. The Kier molecular flexibility index (Phi) is 6.81. The number of hydrogen-bond acceptors (Lipinski definition) is 4. The first kappa shape index (κ1) is 19.1. The number of nitriles is 1. The third-order valence-electron chi connectivity index (χ3n) is 4.17. The van der Waals surface area contributed by atoms with Crippen molar-refractivity contribution in [2.24, 2.45) is 5.92 Å². The van der Waals surface area contributed by atoms with Gasteiger partial charge in [-0.15, -0.1) is 0 Å². The van der Waals surface area contributed by atoms with Crippen LogP contribution in [0.5, 0.6) is 11.5 Å². The molecule has 0 spiro atoms. The van der Waals surface area contributed by atoms with E-state index in [2.05, 4.69) is 6.07 Å². The van der Waals surface area contributed by atoms with Crippen molar-refractivity contribution in [2.45, 2.75) is 12.3 Å². The molecule has 1 N–H and O–H groups in total. The normalized spacial score (nSPS) is 11.9. The molecule has 0 amide bonds. The second kappa shape index (κ2) is 9.28. The average molecular weight is 351 g/mol. The van der Waals surface area contributed by atoms with Gasteiger partial charge in [-0.25, -0.2) is 4.79 Å². The Morgan fingerprint density at radius 3 is 1.85 bits per heavy atom. The van der Waals surface area contributed by atoms with Gasteiger partial charge in [0.15, 0.2) is 0 Å². The molecular weight excluding hydrogens is 330 g/mol. The molecule has 134 valence electrons. The van der Waals surface area contributed by atoms with Crippen molar-refractivity contribution >= 4 is 5.97 Å². The number of benzene rings is 2. The van der Waals surface area contributed by atoms with Gasteiger partial charge in [-0.1, -0.05) is 30.3 Å². The minimum Gasteiger partial charge on any atom is -0.497 e. The standard InChI is InChI=1S/C21H21NO4/c1-25-18-10-6-15(7-11-18)21(16-8-12-19(26-2)13-9-16)17(14-22)4-3-5-20(23)24/h3,5-13,17,21H,4H2,1-2H3,(H,23,24). The molecule has 0 aromatic heterocycles. The summed E-state index contributed by atoms with van der Waals surface area (Å²) in [5.74, 6) is -0.155. The van der Waals surface area contributed by atoms with Crippen LogP contribution in [-0.2, 0) is 4.79 Å². The second-order valence-corrected chi connectivity index (χ2v) is 5.74. The molecule has 0 aliphatic rings. The van der Waals surface area contributed by atoms with Crippen LogP contribution in [0.1, 0.15) is 23.5 Å². The number of carboxylic acids is 1. The summed E-state index contributed by atoms with van der Waals surface area (Å²) in [6.45, 7) is 0. The summed E-state index contributed by atoms with van der Waals surface area (Å²) in [5.41, 5.74) is 1.93. The molecule has 2 aromatic rings. The number of hydrogen-bond donors (Lipinski definition) is 1. The van der Waals surface area contributed by atoms with Crippen molar-refractivity contribution in [2.75, 3.05) is 14.2 Å². The van der Waals surface area contributed by atoms with Crippen molar-refractivity contribution in [3.8, 4) is 17.6 Å². The maximum absolute atomic E-state index is 10.7. The zero-order valence-corrected chi connectivity index (χ0v) is 14.8. The summed E-state index contributed by atoms with van der Waals surface area (Å²) in [7, 11) is 3.20. The fourth-order valence-corrected chi connectivity index (χ4v) is 2.86. The summed E-state index contributed by atoms with van der Waals surface area (Å²) in [6.07, 6.45) is 2.94. The minimum atomic E-state index is -1.02. The fraction of sp³-hybridized carbons (Fsp3) is 0.238. The van der Waals surface area contributed by atoms with E-state index in [9.17, 15) is 10.1 Å². The largest absolute Gasteiger partial charge is 0.497 e. The number of rotatable bonds is 8. The summed E-state index contributed by atoms with van der Waals surface area (Å²) in [6, 6.07) is 17.5. The zero-order valence-electron chi connectivity index (χ0n) is 14.8. The molecule has 5 nitrogen and oxygen atoms in total. The number of methoxy groups -OCH3 is 2. The number of allylic oxidation sites excluding steroid dienone is 1. The summed E-state index contributed by atoms with van der Waals surface area (Å²) in [5, 5.41) is 18.5. The summed E-state index contributed by atoms with van der Waals surface area (Å²) >= 11 is 0. The van der Waals surface area contributed by atoms with Crippen LogP contribution < -0.4 is 9.47 Å². The molecule has 0 aliphatic carbocycles. The van der Waals surface area contributed by atoms with Gasteiger partial charge in [-0.3, -0.25) is 0 Å². The first-order chi connectivity index (χ1) is 12.6. The van der Waals surface area contributed by atoms with Crippen LogP contribution in [0.2, 0.25) is 0 Å². The van der Waals surface area contributed by atoms with E-state index in [1.807, 2.05) is 48.5 Å². The Labute approximate surface area is 153 Å². The van der Waals surface area contributed by atoms with Crippen molar-refractivity contribution in [1.82, 2.24) is 0 Å². The topological polar surface area (TPSA) is 79.5 Å². The fourth-order valence-electron chi connectivity index (χ4n) is 2.86. The predicted octanol–water partition coefficient (Wildman–Crippen LogP) is 4.01. The minimum absolute atomic E-state index is 0.199. The van der Waals surface area contributed by atoms with E-state index in [1.165, 1.54) is 6.08 Å². The molecule has 2 rings (SSSR count). The van der Waals surface area contributed by atoms with Crippen LogP contribution in [0.3, 0.4) is 0 Å². The van der Waals surface area contributed by atoms with Crippen molar-refractivity contribution in [3.05, 3.63) is 71.8 Å². The predicted molar refractivity (Wildman–Crippen MR) is 98.3 cm³/mol. The monoisotopic (exact) mass is 351 g/mol. The molecular formula is C21H21NO4. The maximum Gasteiger partial charge on any atom is 0.327 e. The Morgan fingerprint density at radius 2 is 1.50 bits per heavy atom. The number of aliphatic carboxylic acids is 1. The van der Waals surface area contributed by atoms with E-state index in [0.717, 1.165) is 28.7 Å². The van der Waals surface area contributed by atoms with Crippen molar-refractivity contribution in [3.63, 3.8) is 0 Å². The van der Waals surface area contributed by atoms with Gasteiger partial charge in [0.25, 0.3) is 0 Å². The van der Waals surface area contributed by atoms with Gasteiger partial charge >= 0.3 is 5.97 Å². The number of carboxylic acid groups (broad SMARTS) is 1. The highest BCUT2D eigenvalue weighted by atomic mass is 16.5. The van der Waals surface area contributed by atoms with Gasteiger partial charge < -0.3 is 14.6 Å². The molecule has 2 aromatic carbocycles. The van der Waals surface area contributed by atoms with E-state index in [-0.39, 0.29) is 5.92 Å². The lowest BCUT2D eigenvalue weighted by Crippen LogP contribution is -2.13. The Bertz CT molecular complexity index is 741. The molecule has 0 bridgehead atoms. The van der Waals surface area contributed by atoms with E-state index >= 15 is 0 Å². The second-order valence-electron chi connectivity index (χ2n) is 5.74. The lowest BCUT2D eigenvalue weighted by atomic mass is 9.79. The molecule has 1 atom stereocenters. The lowest BCUT2D eigenvalue weighted by Gasteiger charge is -2.23. The Morgan fingerprint density at radius 1 is 1.04 bits per heavy atom. The quantitative estimate of drug-likeness (QED) is 0.727. The van der Waals surface area contributed by atoms with Crippen LogP contribution in [0.25, 0.3) is 0 Å². The number of ether oxygens (including phenoxy) is 2. The molecule has 0 saturated heterocycles. The summed E-state index contributed by atoms with van der Waals surface area (Å²) in [4.78, 5) is 10.7. The van der Waals surface area contributed by atoms with E-state index in [4.69, 9.17) is 14.6 Å². The van der Waals surface area contributed by atoms with Crippen LogP contribution in [0.4, 0.5) is 0 Å². The van der Waals surface area contributed by atoms with E-state index in [1.54, 1.807) is 14.2 Å². The highest BCUT2D eigenvalue weighted by Crippen LogP contribution is 2.35. The van der Waals surface area contributed by atoms with Gasteiger partial charge in [-0.2, -0.15) is 5.26 Å². The van der Waals surface area contributed by atoms with Crippen LogP contribution >= 0.6 is 0 Å². The first-order valence-electron chi connectivity index (χ1n) is 8.16. The third-order valence-corrected chi connectivity index (χ3v) is 4.17. The van der Waals surface area contributed by atoms with E-state index < -0.39 is 11.9 Å². The van der Waals surface area contributed by atoms with Gasteiger partial charge in [-0.05, 0) is 41.8 Å². The molecule has 0 aliphatic heterocycles. The third kappa shape index (κ3) is 4.87. The molecule has 5 heteroatoms. The number of carbonyl (C=O) groups is 1. The molecule has 0 heterocycles. The van der Waals surface area contributed by atoms with Crippen molar-refractivity contribution in [1.29, 1.82) is 5.26 Å². The molecule has 0 fully saturated rings. The highest BCUT2D eigenvalue weighted by molar-refractivity contribution is 5.79. The summed E-state index contributed by atoms with van der Waals surface area (Å²) < 4.78 is 10.4. The Hall–Kier alpha value is -3.26. The maximum atomic E-state index is 10.7. The Balaban J connectivity index is 2.41. The van der Waals surface area contributed by atoms with Gasteiger partial charge in [0.2, 0.25) is 0 Å². The molecule has 0 radical (unpaired) electrons. The number of nitrogens with zero attached hydrogens (tertiary/aromatic N) is 1. The van der Waals surface area contributed by atoms with Gasteiger partial charge in [0.1, 0.15) is 11.5 Å². The zero-order chi connectivity index (χ0) is 18.9. The molecule has 0 saturated carbocycles. The van der Waals surface area contributed by atoms with E-state index in [0.29, 0.717) is 6.42 Å². The van der Waals surface area contributed by atoms with Gasteiger partial charge in [0, 0.05) is 12.0 Å². The van der Waals surface area contributed by atoms with Crippen molar-refractivity contribution < 1.29 is 19.4 Å². The smallest absolute Gasteiger partial charge is 0.327 e. The lowest BCUT2D eigenvalue weighted by molar-refractivity contribution is -0.131. The highest BCUT2D eigenvalue weighted by Gasteiger charge is 2.24. The molecule has 1 unspecified atom stereocenters. The van der Waals surface area contributed by atoms with Crippen LogP contribution in [0.15, 0.2) is 60.7 Å². The van der Waals surface area contributed by atoms with Gasteiger partial charge in [0.05, 0.1) is 26.2 Å². The first-order valence-corrected chi connectivity index (χ1v) is 8.16. The average Bonchev–Trinajstić information content (AvgIpc) is 2.67. The SMILES string of the molecule is COc1ccc(C(c2ccc(OC)cc2)C(C#N)CC=CC(=O)O)cc1. The van der Waals surface area contributed by atoms with Crippen LogP contribution in [0, 0.1) is 17.2 Å². The van der Waals surface area contributed by atoms with Crippen LogP contribution in [-0.4, -0.2) is 25.3 Å².